The van der Waals surface area contributed by atoms with E-state index in [2.05, 4.69) is 10.9 Å². The van der Waals surface area contributed by atoms with Crippen molar-refractivity contribution in [3.63, 3.8) is 0 Å². The smallest absolute Gasteiger partial charge is 0.273 e. The molecule has 0 atom stereocenters. The van der Waals surface area contributed by atoms with Crippen LogP contribution in [0.15, 0.2) is 35.2 Å². The van der Waals surface area contributed by atoms with E-state index in [4.69, 9.17) is 44.7 Å². The summed E-state index contributed by atoms with van der Waals surface area (Å²) in [6.45, 7) is 0. The van der Waals surface area contributed by atoms with Crippen LogP contribution in [0.3, 0.4) is 0 Å². The van der Waals surface area contributed by atoms with Crippen molar-refractivity contribution in [3.05, 3.63) is 51.0 Å². The summed E-state index contributed by atoms with van der Waals surface area (Å²) in [5, 5.41) is 5.77. The fourth-order valence-electron chi connectivity index (χ4n) is 1.89. The van der Waals surface area contributed by atoms with Gasteiger partial charge in [-0.25, -0.2) is 13.6 Å². The molecule has 4 N–H and O–H groups in total. The lowest BCUT2D eigenvalue weighted by atomic mass is 10.2. The molecule has 0 unspecified atom stereocenters. The van der Waals surface area contributed by atoms with Crippen LogP contribution in [0.25, 0.3) is 0 Å². The summed E-state index contributed by atoms with van der Waals surface area (Å²) in [4.78, 5) is 12.1. The maximum absolute atomic E-state index is 12.4. The zero-order valence-electron chi connectivity index (χ0n) is 12.6. The van der Waals surface area contributed by atoms with E-state index < -0.39 is 15.9 Å². The van der Waals surface area contributed by atoms with Crippen LogP contribution in [0.1, 0.15) is 10.4 Å². The fraction of sp³-hybridized carbons (Fsp3) is 0.0714. The van der Waals surface area contributed by atoms with Gasteiger partial charge >= 0.3 is 0 Å². The Kier molecular flexibility index (Phi) is 6.02. The minimum Gasteiger partial charge on any atom is -0.496 e. The standard InChI is InChI=1S/C14H12Cl3N3O4S/c1-24-12-3-2-8(25(18,22)23)6-9(12)14(21)20-19-13-10(16)4-7(15)5-11(13)17/h2-6,19H,1H3,(H,20,21)(H2,18,22,23). The van der Waals surface area contributed by atoms with Crippen LogP contribution in [-0.4, -0.2) is 21.4 Å². The van der Waals surface area contributed by atoms with Crippen molar-refractivity contribution in [1.82, 2.24) is 5.43 Å². The van der Waals surface area contributed by atoms with Crippen molar-refractivity contribution in [2.45, 2.75) is 4.90 Å². The van der Waals surface area contributed by atoms with Gasteiger partial charge in [-0.3, -0.25) is 15.6 Å². The third-order valence-electron chi connectivity index (χ3n) is 3.05. The first-order valence-electron chi connectivity index (χ1n) is 6.55. The highest BCUT2D eigenvalue weighted by molar-refractivity contribution is 7.89. The topological polar surface area (TPSA) is 111 Å². The lowest BCUT2D eigenvalue weighted by Gasteiger charge is -2.14. The Bertz CT molecular complexity index is 912. The van der Waals surface area contributed by atoms with Crippen molar-refractivity contribution in [1.29, 1.82) is 0 Å². The first-order chi connectivity index (χ1) is 11.6. The van der Waals surface area contributed by atoms with Gasteiger partial charge in [0.2, 0.25) is 10.0 Å². The average Bonchev–Trinajstić information content (AvgIpc) is 2.52. The Balaban J connectivity index is 2.30. The molecule has 0 aliphatic heterocycles. The third kappa shape index (κ3) is 4.68. The highest BCUT2D eigenvalue weighted by Crippen LogP contribution is 2.33. The number of rotatable bonds is 5. The molecule has 0 saturated carbocycles. The molecule has 0 radical (unpaired) electrons. The van der Waals surface area contributed by atoms with E-state index in [-0.39, 0.29) is 31.9 Å². The van der Waals surface area contributed by atoms with E-state index in [1.807, 2.05) is 0 Å². The Hall–Kier alpha value is -1.71. The van der Waals surface area contributed by atoms with E-state index in [1.165, 1.54) is 31.4 Å². The number of halogens is 3. The maximum atomic E-state index is 12.4. The van der Waals surface area contributed by atoms with Gasteiger partial charge in [-0.05, 0) is 30.3 Å². The molecule has 0 heterocycles. The SMILES string of the molecule is COc1ccc(S(N)(=O)=O)cc1C(=O)NNc1c(Cl)cc(Cl)cc1Cl. The molecule has 11 heteroatoms. The van der Waals surface area contributed by atoms with E-state index >= 15 is 0 Å². The lowest BCUT2D eigenvalue weighted by molar-refractivity contribution is 0.0959. The van der Waals surface area contributed by atoms with Crippen LogP contribution in [0.5, 0.6) is 5.75 Å². The van der Waals surface area contributed by atoms with Gasteiger partial charge in [-0.15, -0.1) is 0 Å². The molecule has 0 saturated heterocycles. The summed E-state index contributed by atoms with van der Waals surface area (Å²) in [7, 11) is -2.65. The number of nitrogens with one attached hydrogen (secondary N) is 2. The van der Waals surface area contributed by atoms with Gasteiger partial charge in [0.1, 0.15) is 5.75 Å². The van der Waals surface area contributed by atoms with Gasteiger partial charge in [0.15, 0.2) is 0 Å². The Morgan fingerprint density at radius 2 is 1.72 bits per heavy atom. The highest BCUT2D eigenvalue weighted by Gasteiger charge is 2.18. The molecule has 2 aromatic rings. The second kappa shape index (κ2) is 7.67. The predicted molar refractivity (Wildman–Crippen MR) is 96.9 cm³/mol. The number of carbonyl (C=O) groups is 1. The number of carbonyl (C=O) groups excluding carboxylic acids is 1. The van der Waals surface area contributed by atoms with Crippen LogP contribution in [0.2, 0.25) is 15.1 Å². The lowest BCUT2D eigenvalue weighted by Crippen LogP contribution is -2.30. The summed E-state index contributed by atoms with van der Waals surface area (Å²) in [5.41, 5.74) is 5.08. The van der Waals surface area contributed by atoms with Crippen LogP contribution >= 0.6 is 34.8 Å². The summed E-state index contributed by atoms with van der Waals surface area (Å²) in [6.07, 6.45) is 0. The largest absolute Gasteiger partial charge is 0.496 e. The van der Waals surface area contributed by atoms with Crippen LogP contribution < -0.4 is 20.7 Å². The van der Waals surface area contributed by atoms with Crippen LogP contribution in [-0.2, 0) is 10.0 Å². The van der Waals surface area contributed by atoms with Gasteiger partial charge in [-0.2, -0.15) is 0 Å². The zero-order valence-corrected chi connectivity index (χ0v) is 15.7. The average molecular weight is 425 g/mol. The summed E-state index contributed by atoms with van der Waals surface area (Å²) in [5.74, 6) is -0.538. The van der Waals surface area contributed by atoms with Crippen molar-refractivity contribution in [2.24, 2.45) is 5.14 Å². The number of hydrogen-bond donors (Lipinski definition) is 3. The molecule has 134 valence electrons. The van der Waals surface area contributed by atoms with Crippen LogP contribution in [0, 0.1) is 0 Å². The van der Waals surface area contributed by atoms with Crippen LogP contribution in [0.4, 0.5) is 5.69 Å². The van der Waals surface area contributed by atoms with Crippen molar-refractivity contribution in [3.8, 4) is 5.75 Å². The summed E-state index contributed by atoms with van der Waals surface area (Å²) in [6, 6.07) is 6.51. The van der Waals surface area contributed by atoms with Crippen molar-refractivity contribution < 1.29 is 17.9 Å². The molecule has 0 bridgehead atoms. The molecule has 7 nitrogen and oxygen atoms in total. The number of hydrogen-bond acceptors (Lipinski definition) is 5. The number of benzene rings is 2. The third-order valence-corrected chi connectivity index (χ3v) is 4.78. The van der Waals surface area contributed by atoms with Crippen molar-refractivity contribution in [2.75, 3.05) is 12.5 Å². The second-order valence-electron chi connectivity index (χ2n) is 4.73. The molecule has 0 aliphatic carbocycles. The van der Waals surface area contributed by atoms with Gasteiger partial charge in [0.05, 0.1) is 33.3 Å². The molecule has 0 fully saturated rings. The molecular formula is C14H12Cl3N3O4S. The van der Waals surface area contributed by atoms with E-state index in [0.29, 0.717) is 5.02 Å². The number of amides is 1. The molecule has 2 aromatic carbocycles. The molecule has 1 amide bonds. The number of primary sulfonamides is 1. The highest BCUT2D eigenvalue weighted by atomic mass is 35.5. The van der Waals surface area contributed by atoms with E-state index in [9.17, 15) is 13.2 Å². The van der Waals surface area contributed by atoms with Gasteiger partial charge in [0, 0.05) is 5.02 Å². The second-order valence-corrected chi connectivity index (χ2v) is 7.54. The molecule has 25 heavy (non-hydrogen) atoms. The summed E-state index contributed by atoms with van der Waals surface area (Å²) < 4.78 is 28.0. The molecule has 0 aromatic heterocycles. The first-order valence-corrected chi connectivity index (χ1v) is 9.23. The van der Waals surface area contributed by atoms with Gasteiger partial charge < -0.3 is 4.74 Å². The first kappa shape index (κ1) is 19.6. The van der Waals surface area contributed by atoms with Crippen molar-refractivity contribution >= 4 is 56.4 Å². The number of hydrazine groups is 1. The Labute approximate surface area is 159 Å². The van der Waals surface area contributed by atoms with E-state index in [0.717, 1.165) is 6.07 Å². The molecule has 2 rings (SSSR count). The zero-order chi connectivity index (χ0) is 18.8. The minimum absolute atomic E-state index is 0.0530. The van der Waals surface area contributed by atoms with E-state index in [1.54, 1.807) is 0 Å². The normalized spacial score (nSPS) is 11.1. The molecular weight excluding hydrogens is 413 g/mol. The monoisotopic (exact) mass is 423 g/mol. The van der Waals surface area contributed by atoms with Gasteiger partial charge in [0.25, 0.3) is 5.91 Å². The number of nitrogens with two attached hydrogens (primary N) is 1. The molecule has 0 aliphatic rings. The Morgan fingerprint density at radius 3 is 2.24 bits per heavy atom. The maximum Gasteiger partial charge on any atom is 0.273 e. The predicted octanol–water partition coefficient (Wildman–Crippen LogP) is 3.06. The van der Waals surface area contributed by atoms with Gasteiger partial charge in [-0.1, -0.05) is 34.8 Å². The number of ether oxygens (including phenoxy) is 1. The minimum atomic E-state index is -3.98. The fourth-order valence-corrected chi connectivity index (χ4v) is 3.34. The number of sulfonamides is 1. The Morgan fingerprint density at radius 1 is 1.12 bits per heavy atom. The number of methoxy groups -OCH3 is 1. The quantitative estimate of drug-likeness (QED) is 0.639. The molecule has 0 spiro atoms. The summed E-state index contributed by atoms with van der Waals surface area (Å²) >= 11 is 17.8. The number of anilines is 1.